The quantitative estimate of drug-likeness (QED) is 0.308. The van der Waals surface area contributed by atoms with Crippen molar-refractivity contribution in [2.24, 2.45) is 0 Å². The van der Waals surface area contributed by atoms with Crippen molar-refractivity contribution >= 4 is 19.6 Å². The summed E-state index contributed by atoms with van der Waals surface area (Å²) in [6, 6.07) is 0. The van der Waals surface area contributed by atoms with Crippen molar-refractivity contribution in [2.45, 2.75) is 26.3 Å². The molecule has 0 aromatic rings. The van der Waals surface area contributed by atoms with Gasteiger partial charge in [-0.25, -0.2) is 4.79 Å². The Morgan fingerprint density at radius 1 is 1.40 bits per heavy atom. The van der Waals surface area contributed by atoms with Crippen molar-refractivity contribution in [2.75, 3.05) is 0 Å². The van der Waals surface area contributed by atoms with Crippen LogP contribution in [0.15, 0.2) is 0 Å². The van der Waals surface area contributed by atoms with Gasteiger partial charge in [0.05, 0.1) is 5.50 Å². The van der Waals surface area contributed by atoms with Crippen molar-refractivity contribution < 1.29 is 14.3 Å². The second-order valence-corrected chi connectivity index (χ2v) is 2.55. The van der Waals surface area contributed by atoms with Crippen LogP contribution in [0.4, 0.5) is 0 Å². The standard InChI is InChI=1S/C6H9BO3/c1-4(8)5(9)10-6(2,3)7/h1-3H3. The molecule has 2 radical (unpaired) electrons. The molecule has 0 saturated carbocycles. The Morgan fingerprint density at radius 3 is 1.90 bits per heavy atom. The largest absolute Gasteiger partial charge is 0.464 e. The molecular weight excluding hydrogens is 131 g/mol. The summed E-state index contributed by atoms with van der Waals surface area (Å²) in [5.41, 5.74) is -1.07. The first-order valence-corrected chi connectivity index (χ1v) is 2.86. The number of ketones is 1. The molecule has 0 aliphatic rings. The fraction of sp³-hybridized carbons (Fsp3) is 0.667. The number of Topliss-reactive ketones (excluding diaryl/α,β-unsaturated/α-hetero) is 1. The lowest BCUT2D eigenvalue weighted by atomic mass is 9.86. The number of carbonyl (C=O) groups is 2. The molecule has 0 aromatic carbocycles. The molecular formula is C6H9BO3. The van der Waals surface area contributed by atoms with Gasteiger partial charge in [-0.05, 0) is 13.8 Å². The number of rotatable bonds is 2. The zero-order valence-electron chi connectivity index (χ0n) is 6.30. The predicted molar refractivity (Wildman–Crippen MR) is 36.6 cm³/mol. The van der Waals surface area contributed by atoms with Gasteiger partial charge >= 0.3 is 5.97 Å². The molecule has 10 heavy (non-hydrogen) atoms. The average molecular weight is 140 g/mol. The maximum Gasteiger partial charge on any atom is 0.374 e. The van der Waals surface area contributed by atoms with Crippen LogP contribution >= 0.6 is 0 Å². The summed E-state index contributed by atoms with van der Waals surface area (Å²) in [6.07, 6.45) is 0. The van der Waals surface area contributed by atoms with Crippen LogP contribution in [0.1, 0.15) is 20.8 Å². The van der Waals surface area contributed by atoms with Gasteiger partial charge in [0.25, 0.3) is 0 Å². The molecule has 4 heteroatoms. The highest BCUT2D eigenvalue weighted by Crippen LogP contribution is 2.02. The molecule has 0 atom stereocenters. The molecule has 0 aliphatic heterocycles. The Kier molecular flexibility index (Phi) is 2.63. The Labute approximate surface area is 61.2 Å². The topological polar surface area (TPSA) is 43.4 Å². The van der Waals surface area contributed by atoms with Crippen LogP contribution in [0.2, 0.25) is 0 Å². The highest BCUT2D eigenvalue weighted by Gasteiger charge is 2.18. The fourth-order valence-corrected chi connectivity index (χ4v) is 0.311. The molecule has 0 heterocycles. The monoisotopic (exact) mass is 140 g/mol. The fourth-order valence-electron chi connectivity index (χ4n) is 0.311. The predicted octanol–water partition coefficient (Wildman–Crippen LogP) is 0.0232. The van der Waals surface area contributed by atoms with Gasteiger partial charge in [0, 0.05) is 6.92 Å². The molecule has 0 amide bonds. The molecule has 54 valence electrons. The third kappa shape index (κ3) is 4.12. The van der Waals surface area contributed by atoms with Crippen molar-refractivity contribution in [3.8, 4) is 0 Å². The molecule has 0 fully saturated rings. The van der Waals surface area contributed by atoms with E-state index in [1.165, 1.54) is 13.8 Å². The van der Waals surface area contributed by atoms with Crippen molar-refractivity contribution in [1.82, 2.24) is 0 Å². The molecule has 0 bridgehead atoms. The number of ether oxygens (including phenoxy) is 1. The van der Waals surface area contributed by atoms with Gasteiger partial charge in [0.2, 0.25) is 5.78 Å². The van der Waals surface area contributed by atoms with Crippen LogP contribution in [0.5, 0.6) is 0 Å². The van der Waals surface area contributed by atoms with Gasteiger partial charge in [0.15, 0.2) is 0 Å². The number of carbonyl (C=O) groups excluding carboxylic acids is 2. The van der Waals surface area contributed by atoms with E-state index in [1.807, 2.05) is 0 Å². The van der Waals surface area contributed by atoms with Crippen molar-refractivity contribution in [3.05, 3.63) is 0 Å². The minimum atomic E-state index is -1.07. The lowest BCUT2D eigenvalue weighted by molar-refractivity contribution is -0.157. The summed E-state index contributed by atoms with van der Waals surface area (Å²) in [6.45, 7) is 4.12. The molecule has 0 unspecified atom stereocenters. The third-order valence-corrected chi connectivity index (χ3v) is 0.643. The first-order valence-electron chi connectivity index (χ1n) is 2.86. The lowest BCUT2D eigenvalue weighted by Crippen LogP contribution is -2.30. The highest BCUT2D eigenvalue weighted by molar-refractivity contribution is 6.33. The Morgan fingerprint density at radius 2 is 1.80 bits per heavy atom. The van der Waals surface area contributed by atoms with E-state index in [-0.39, 0.29) is 0 Å². The Hall–Kier alpha value is -0.795. The number of hydrogen-bond donors (Lipinski definition) is 0. The second kappa shape index (κ2) is 2.86. The van der Waals surface area contributed by atoms with E-state index in [9.17, 15) is 9.59 Å². The summed E-state index contributed by atoms with van der Waals surface area (Å²) < 4.78 is 4.49. The molecule has 3 nitrogen and oxygen atoms in total. The molecule has 0 N–H and O–H groups in total. The van der Waals surface area contributed by atoms with Crippen LogP contribution in [-0.2, 0) is 14.3 Å². The first kappa shape index (κ1) is 9.20. The normalized spacial score (nSPS) is 10.7. The van der Waals surface area contributed by atoms with Gasteiger partial charge in [-0.15, -0.1) is 0 Å². The molecule has 0 aliphatic carbocycles. The number of esters is 1. The van der Waals surface area contributed by atoms with Crippen molar-refractivity contribution in [1.29, 1.82) is 0 Å². The van der Waals surface area contributed by atoms with Gasteiger partial charge in [-0.1, -0.05) is 0 Å². The van der Waals surface area contributed by atoms with Gasteiger partial charge in [0.1, 0.15) is 7.85 Å². The lowest BCUT2D eigenvalue weighted by Gasteiger charge is -2.18. The summed E-state index contributed by atoms with van der Waals surface area (Å²) in [5, 5.41) is 0. The van der Waals surface area contributed by atoms with E-state index in [0.29, 0.717) is 0 Å². The third-order valence-electron chi connectivity index (χ3n) is 0.643. The smallest absolute Gasteiger partial charge is 0.374 e. The highest BCUT2D eigenvalue weighted by atomic mass is 16.6. The summed E-state index contributed by atoms with van der Waals surface area (Å²) in [5.74, 6) is -1.54. The minimum Gasteiger partial charge on any atom is -0.464 e. The van der Waals surface area contributed by atoms with E-state index in [0.717, 1.165) is 6.92 Å². The van der Waals surface area contributed by atoms with E-state index < -0.39 is 17.3 Å². The van der Waals surface area contributed by atoms with Crippen LogP contribution < -0.4 is 0 Å². The van der Waals surface area contributed by atoms with E-state index in [1.54, 1.807) is 0 Å². The van der Waals surface area contributed by atoms with Gasteiger partial charge in [-0.3, -0.25) is 4.79 Å². The molecule has 0 rings (SSSR count). The van der Waals surface area contributed by atoms with Crippen LogP contribution in [0.25, 0.3) is 0 Å². The van der Waals surface area contributed by atoms with E-state index >= 15 is 0 Å². The molecule has 0 spiro atoms. The van der Waals surface area contributed by atoms with E-state index in [2.05, 4.69) is 4.74 Å². The summed E-state index contributed by atoms with van der Waals surface area (Å²) in [4.78, 5) is 20.8. The molecule has 0 aromatic heterocycles. The van der Waals surface area contributed by atoms with Gasteiger partial charge < -0.3 is 4.74 Å². The average Bonchev–Trinajstić information content (AvgIpc) is 1.60. The van der Waals surface area contributed by atoms with Crippen LogP contribution in [0, 0.1) is 0 Å². The van der Waals surface area contributed by atoms with Gasteiger partial charge in [-0.2, -0.15) is 0 Å². The number of hydrogen-bond acceptors (Lipinski definition) is 3. The summed E-state index contributed by atoms with van der Waals surface area (Å²) in [7, 11) is 5.28. The zero-order chi connectivity index (χ0) is 8.36. The maximum atomic E-state index is 10.5. The van der Waals surface area contributed by atoms with E-state index in [4.69, 9.17) is 7.85 Å². The molecule has 0 saturated heterocycles. The minimum absolute atomic E-state index is 0.640. The Balaban J connectivity index is 3.93. The van der Waals surface area contributed by atoms with Crippen LogP contribution in [0.3, 0.4) is 0 Å². The first-order chi connectivity index (χ1) is 4.33. The van der Waals surface area contributed by atoms with Crippen LogP contribution in [-0.4, -0.2) is 25.1 Å². The SMILES string of the molecule is [B]C(C)(C)OC(=O)C(C)=O. The maximum absolute atomic E-state index is 10.5. The van der Waals surface area contributed by atoms with Crippen molar-refractivity contribution in [3.63, 3.8) is 0 Å². The zero-order valence-corrected chi connectivity index (χ0v) is 6.30. The second-order valence-electron chi connectivity index (χ2n) is 2.55. The summed E-state index contributed by atoms with van der Waals surface area (Å²) >= 11 is 0. The Bertz CT molecular complexity index is 157.